The number of alkyl halides is 1. The predicted molar refractivity (Wildman–Crippen MR) is 71.5 cm³/mol. The molecule has 0 heterocycles. The lowest BCUT2D eigenvalue weighted by Gasteiger charge is -2.09. The molecule has 3 nitrogen and oxygen atoms in total. The molecular formula is C11H16BrNO2S. The number of sulfonamides is 1. The van der Waals surface area contributed by atoms with Gasteiger partial charge in [0.2, 0.25) is 10.0 Å². The van der Waals surface area contributed by atoms with Crippen LogP contribution in [-0.2, 0) is 10.0 Å². The van der Waals surface area contributed by atoms with Gasteiger partial charge >= 0.3 is 0 Å². The van der Waals surface area contributed by atoms with Crippen LogP contribution < -0.4 is 4.72 Å². The van der Waals surface area contributed by atoms with Crippen molar-refractivity contribution in [3.05, 3.63) is 30.3 Å². The number of rotatable bonds is 6. The quantitative estimate of drug-likeness (QED) is 0.821. The van der Waals surface area contributed by atoms with E-state index in [1.165, 1.54) is 0 Å². The highest BCUT2D eigenvalue weighted by atomic mass is 79.9. The number of hydrogen-bond acceptors (Lipinski definition) is 2. The summed E-state index contributed by atoms with van der Waals surface area (Å²) < 4.78 is 25.9. The van der Waals surface area contributed by atoms with Crippen LogP contribution in [0.2, 0.25) is 0 Å². The van der Waals surface area contributed by atoms with Crippen molar-refractivity contribution in [2.24, 2.45) is 0 Å². The minimum atomic E-state index is -3.22. The van der Waals surface area contributed by atoms with Crippen molar-refractivity contribution in [3.8, 4) is 0 Å². The minimum absolute atomic E-state index is 0.144. The first-order valence-corrected chi connectivity index (χ1v) is 7.80. The number of hydrogen-bond donors (Lipinski definition) is 1. The topological polar surface area (TPSA) is 46.2 Å². The van der Waals surface area contributed by atoms with Crippen LogP contribution in [0.15, 0.2) is 30.3 Å². The molecule has 16 heavy (non-hydrogen) atoms. The van der Waals surface area contributed by atoms with E-state index in [9.17, 15) is 8.42 Å². The summed E-state index contributed by atoms with van der Waals surface area (Å²) >= 11 is 3.42. The van der Waals surface area contributed by atoms with Crippen LogP contribution in [0.4, 0.5) is 5.69 Å². The lowest BCUT2D eigenvalue weighted by Crippen LogP contribution is -2.18. The molecule has 0 aromatic heterocycles. The summed E-state index contributed by atoms with van der Waals surface area (Å²) in [5, 5.41) is 0. The van der Waals surface area contributed by atoms with Gasteiger partial charge in [0.25, 0.3) is 0 Å². The van der Waals surface area contributed by atoms with E-state index in [1.54, 1.807) is 24.3 Å². The maximum absolute atomic E-state index is 11.7. The molecule has 0 spiro atoms. The SMILES string of the molecule is CCC(Br)CCS(=O)(=O)Nc1ccccc1. The van der Waals surface area contributed by atoms with Gasteiger partial charge in [-0.2, -0.15) is 0 Å². The molecule has 0 bridgehead atoms. The Hall–Kier alpha value is -0.550. The lowest BCUT2D eigenvalue weighted by molar-refractivity contribution is 0.597. The predicted octanol–water partition coefficient (Wildman–Crippen LogP) is 2.99. The Morgan fingerprint density at radius 1 is 1.31 bits per heavy atom. The summed E-state index contributed by atoms with van der Waals surface area (Å²) in [6, 6.07) is 8.93. The van der Waals surface area contributed by atoms with Crippen molar-refractivity contribution in [2.45, 2.75) is 24.6 Å². The van der Waals surface area contributed by atoms with Crippen molar-refractivity contribution < 1.29 is 8.42 Å². The third kappa shape index (κ3) is 4.99. The van der Waals surface area contributed by atoms with Crippen molar-refractivity contribution in [2.75, 3.05) is 10.5 Å². The highest BCUT2D eigenvalue weighted by Gasteiger charge is 2.12. The number of para-hydroxylation sites is 1. The van der Waals surface area contributed by atoms with Crippen LogP contribution in [0.25, 0.3) is 0 Å². The molecule has 0 saturated heterocycles. The standard InChI is InChI=1S/C11H16BrNO2S/c1-2-10(12)8-9-16(14,15)13-11-6-4-3-5-7-11/h3-7,10,13H,2,8-9H2,1H3. The Kier molecular flexibility index (Phi) is 5.28. The fraction of sp³-hybridized carbons (Fsp3) is 0.455. The Bertz CT molecular complexity index is 405. The first kappa shape index (κ1) is 13.5. The second-order valence-corrected chi connectivity index (χ2v) is 6.72. The van der Waals surface area contributed by atoms with Gasteiger partial charge in [-0.3, -0.25) is 4.72 Å². The van der Waals surface area contributed by atoms with Gasteiger partial charge in [0.15, 0.2) is 0 Å². The first-order chi connectivity index (χ1) is 7.53. The van der Waals surface area contributed by atoms with Crippen LogP contribution in [0.5, 0.6) is 0 Å². The smallest absolute Gasteiger partial charge is 0.232 e. The maximum atomic E-state index is 11.7. The molecular weight excluding hydrogens is 290 g/mol. The van der Waals surface area contributed by atoms with Gasteiger partial charge in [0.05, 0.1) is 5.75 Å². The zero-order valence-electron chi connectivity index (χ0n) is 9.19. The fourth-order valence-corrected chi connectivity index (χ4v) is 2.95. The average molecular weight is 306 g/mol. The first-order valence-electron chi connectivity index (χ1n) is 5.23. The molecule has 0 saturated carbocycles. The molecule has 0 aliphatic heterocycles. The molecule has 1 aromatic carbocycles. The third-order valence-electron chi connectivity index (χ3n) is 2.19. The van der Waals surface area contributed by atoms with Gasteiger partial charge in [0, 0.05) is 10.5 Å². The molecule has 1 N–H and O–H groups in total. The van der Waals surface area contributed by atoms with Gasteiger partial charge in [-0.05, 0) is 25.0 Å². The van der Waals surface area contributed by atoms with Crippen LogP contribution in [0.3, 0.4) is 0 Å². The third-order valence-corrected chi connectivity index (χ3v) is 4.62. The highest BCUT2D eigenvalue weighted by molar-refractivity contribution is 9.09. The molecule has 0 amide bonds. The largest absolute Gasteiger partial charge is 0.284 e. The summed E-state index contributed by atoms with van der Waals surface area (Å²) in [4.78, 5) is 0.264. The zero-order valence-corrected chi connectivity index (χ0v) is 11.6. The summed E-state index contributed by atoms with van der Waals surface area (Å²) in [6.45, 7) is 2.02. The van der Waals surface area contributed by atoms with Crippen LogP contribution in [0, 0.1) is 0 Å². The molecule has 90 valence electrons. The van der Waals surface area contributed by atoms with Crippen LogP contribution in [0.1, 0.15) is 19.8 Å². The molecule has 0 aliphatic rings. The number of halogens is 1. The van der Waals surface area contributed by atoms with Crippen molar-refractivity contribution >= 4 is 31.6 Å². The van der Waals surface area contributed by atoms with E-state index < -0.39 is 10.0 Å². The van der Waals surface area contributed by atoms with Crippen molar-refractivity contribution in [1.82, 2.24) is 0 Å². The van der Waals surface area contributed by atoms with Crippen molar-refractivity contribution in [3.63, 3.8) is 0 Å². The second-order valence-electron chi connectivity index (χ2n) is 3.58. The summed E-state index contributed by atoms with van der Waals surface area (Å²) in [5.74, 6) is 0.144. The molecule has 1 aromatic rings. The summed E-state index contributed by atoms with van der Waals surface area (Å²) in [5.41, 5.74) is 0.616. The van der Waals surface area contributed by atoms with E-state index in [1.807, 2.05) is 13.0 Å². The monoisotopic (exact) mass is 305 g/mol. The van der Waals surface area contributed by atoms with Crippen LogP contribution >= 0.6 is 15.9 Å². The molecule has 1 rings (SSSR count). The molecule has 0 aliphatic carbocycles. The van der Waals surface area contributed by atoms with Gasteiger partial charge < -0.3 is 0 Å². The number of nitrogens with one attached hydrogen (secondary N) is 1. The Morgan fingerprint density at radius 2 is 1.94 bits per heavy atom. The fourth-order valence-electron chi connectivity index (χ4n) is 1.22. The minimum Gasteiger partial charge on any atom is -0.284 e. The normalized spacial score (nSPS) is 13.4. The summed E-state index contributed by atoms with van der Waals surface area (Å²) in [7, 11) is -3.22. The van der Waals surface area contributed by atoms with E-state index in [-0.39, 0.29) is 10.6 Å². The van der Waals surface area contributed by atoms with E-state index in [4.69, 9.17) is 0 Å². The molecule has 1 unspecified atom stereocenters. The van der Waals surface area contributed by atoms with Gasteiger partial charge in [-0.25, -0.2) is 8.42 Å². The van der Waals surface area contributed by atoms with E-state index in [0.29, 0.717) is 12.1 Å². The van der Waals surface area contributed by atoms with E-state index >= 15 is 0 Å². The van der Waals surface area contributed by atoms with E-state index in [0.717, 1.165) is 6.42 Å². The second kappa shape index (κ2) is 6.25. The zero-order chi connectivity index (χ0) is 12.0. The molecule has 0 fully saturated rings. The highest BCUT2D eigenvalue weighted by Crippen LogP contribution is 2.13. The Morgan fingerprint density at radius 3 is 2.50 bits per heavy atom. The molecule has 5 heteroatoms. The van der Waals surface area contributed by atoms with Gasteiger partial charge in [-0.1, -0.05) is 41.1 Å². The lowest BCUT2D eigenvalue weighted by atomic mass is 10.3. The van der Waals surface area contributed by atoms with Gasteiger partial charge in [0.1, 0.15) is 0 Å². The van der Waals surface area contributed by atoms with Gasteiger partial charge in [-0.15, -0.1) is 0 Å². The number of anilines is 1. The summed E-state index contributed by atoms with van der Waals surface area (Å²) in [6.07, 6.45) is 1.56. The average Bonchev–Trinajstić information content (AvgIpc) is 2.27. The van der Waals surface area contributed by atoms with E-state index in [2.05, 4.69) is 20.7 Å². The maximum Gasteiger partial charge on any atom is 0.232 e. The van der Waals surface area contributed by atoms with Crippen molar-refractivity contribution in [1.29, 1.82) is 0 Å². The molecule has 0 radical (unpaired) electrons. The molecule has 1 atom stereocenters. The Labute approximate surface area is 105 Å². The number of benzene rings is 1. The Balaban J connectivity index is 2.53. The van der Waals surface area contributed by atoms with Crippen LogP contribution in [-0.4, -0.2) is 19.0 Å².